The Kier molecular flexibility index (Phi) is 6.22. The van der Waals surface area contributed by atoms with Crippen molar-refractivity contribution in [3.05, 3.63) is 5.01 Å². The first-order chi connectivity index (χ1) is 7.36. The van der Waals surface area contributed by atoms with E-state index in [1.165, 1.54) is 11.3 Å². The van der Waals surface area contributed by atoms with Crippen molar-refractivity contribution in [2.75, 3.05) is 26.9 Å². The summed E-state index contributed by atoms with van der Waals surface area (Å²) in [7, 11) is 1.64. The van der Waals surface area contributed by atoms with E-state index in [0.717, 1.165) is 24.5 Å². The van der Waals surface area contributed by atoms with Crippen molar-refractivity contribution >= 4 is 11.3 Å². The lowest BCUT2D eigenvalue weighted by Gasteiger charge is -1.99. The van der Waals surface area contributed by atoms with E-state index in [-0.39, 0.29) is 0 Å². The number of nitrogens with one attached hydrogen (secondary N) is 1. The van der Waals surface area contributed by atoms with Crippen LogP contribution in [0.25, 0.3) is 0 Å². The number of hydrogen-bond donors (Lipinski definition) is 1. The molecule has 0 aliphatic heterocycles. The molecule has 0 spiro atoms. The molecule has 1 aromatic heterocycles. The highest BCUT2D eigenvalue weighted by atomic mass is 32.1. The van der Waals surface area contributed by atoms with Gasteiger partial charge >= 0.3 is 0 Å². The van der Waals surface area contributed by atoms with E-state index in [9.17, 15) is 0 Å². The van der Waals surface area contributed by atoms with Crippen molar-refractivity contribution < 1.29 is 9.47 Å². The molecule has 6 heteroatoms. The van der Waals surface area contributed by atoms with Gasteiger partial charge in [-0.05, 0) is 13.0 Å². The van der Waals surface area contributed by atoms with Gasteiger partial charge in [-0.15, -0.1) is 10.2 Å². The van der Waals surface area contributed by atoms with Gasteiger partial charge in [-0.2, -0.15) is 0 Å². The van der Waals surface area contributed by atoms with E-state index in [0.29, 0.717) is 18.4 Å². The molecule has 0 saturated heterocycles. The molecule has 0 radical (unpaired) electrons. The maximum absolute atomic E-state index is 5.33. The minimum absolute atomic E-state index is 0.521. The number of methoxy groups -OCH3 is 1. The lowest BCUT2D eigenvalue weighted by atomic mass is 10.5. The molecule has 5 nitrogen and oxygen atoms in total. The quantitative estimate of drug-likeness (QED) is 0.678. The van der Waals surface area contributed by atoms with E-state index in [2.05, 4.69) is 22.4 Å². The van der Waals surface area contributed by atoms with E-state index in [1.54, 1.807) is 7.11 Å². The second-order valence-electron chi connectivity index (χ2n) is 2.98. The topological polar surface area (TPSA) is 56.3 Å². The highest BCUT2D eigenvalue weighted by molar-refractivity contribution is 7.13. The van der Waals surface area contributed by atoms with Gasteiger partial charge in [0.15, 0.2) is 0 Å². The predicted molar refractivity (Wildman–Crippen MR) is 59.3 cm³/mol. The summed E-state index contributed by atoms with van der Waals surface area (Å²) in [6, 6.07) is 0. The Labute approximate surface area is 93.8 Å². The van der Waals surface area contributed by atoms with Gasteiger partial charge in [-0.25, -0.2) is 0 Å². The summed E-state index contributed by atoms with van der Waals surface area (Å²) in [6.07, 6.45) is 1.12. The monoisotopic (exact) mass is 231 g/mol. The predicted octanol–water partition coefficient (Wildman–Crippen LogP) is 1.06. The van der Waals surface area contributed by atoms with Crippen molar-refractivity contribution in [2.45, 2.75) is 19.9 Å². The highest BCUT2D eigenvalue weighted by Gasteiger charge is 2.03. The standard InChI is InChI=1S/C9H17N3O2S/c1-3-4-10-7-8-11-12-9(15-8)14-6-5-13-2/h10H,3-7H2,1-2H3. The van der Waals surface area contributed by atoms with Crippen LogP contribution in [0.1, 0.15) is 18.4 Å². The smallest absolute Gasteiger partial charge is 0.294 e. The normalized spacial score (nSPS) is 10.5. The van der Waals surface area contributed by atoms with Crippen molar-refractivity contribution in [1.29, 1.82) is 0 Å². The first-order valence-electron chi connectivity index (χ1n) is 5.01. The molecular formula is C9H17N3O2S. The van der Waals surface area contributed by atoms with E-state index < -0.39 is 0 Å². The SMILES string of the molecule is CCCNCc1nnc(OCCOC)s1. The number of rotatable bonds is 8. The summed E-state index contributed by atoms with van der Waals surface area (Å²) in [4.78, 5) is 0. The van der Waals surface area contributed by atoms with Crippen LogP contribution in [0.4, 0.5) is 0 Å². The van der Waals surface area contributed by atoms with E-state index >= 15 is 0 Å². The molecule has 86 valence electrons. The zero-order valence-electron chi connectivity index (χ0n) is 9.15. The second-order valence-corrected chi connectivity index (χ2v) is 4.00. The molecule has 0 bridgehead atoms. The van der Waals surface area contributed by atoms with Crippen LogP contribution in [0.15, 0.2) is 0 Å². The third kappa shape index (κ3) is 5.06. The fourth-order valence-corrected chi connectivity index (χ4v) is 1.63. The Hall–Kier alpha value is -0.720. The molecule has 0 saturated carbocycles. The van der Waals surface area contributed by atoms with Crippen molar-refractivity contribution in [1.82, 2.24) is 15.5 Å². The van der Waals surface area contributed by atoms with Crippen LogP contribution < -0.4 is 10.1 Å². The van der Waals surface area contributed by atoms with Gasteiger partial charge in [0.1, 0.15) is 11.6 Å². The van der Waals surface area contributed by atoms with Crippen LogP contribution in [0, 0.1) is 0 Å². The zero-order valence-corrected chi connectivity index (χ0v) is 9.97. The number of nitrogens with zero attached hydrogens (tertiary/aromatic N) is 2. The maximum atomic E-state index is 5.33. The highest BCUT2D eigenvalue weighted by Crippen LogP contribution is 2.17. The van der Waals surface area contributed by atoms with E-state index in [1.807, 2.05) is 0 Å². The van der Waals surface area contributed by atoms with Gasteiger partial charge < -0.3 is 14.8 Å². The van der Waals surface area contributed by atoms with Gasteiger partial charge in [-0.3, -0.25) is 0 Å². The molecule has 0 aliphatic rings. The number of aromatic nitrogens is 2. The number of hydrogen-bond acceptors (Lipinski definition) is 6. The van der Waals surface area contributed by atoms with Gasteiger partial charge in [0.05, 0.1) is 6.61 Å². The lowest BCUT2D eigenvalue weighted by molar-refractivity contribution is 0.145. The largest absolute Gasteiger partial charge is 0.466 e. The zero-order chi connectivity index (χ0) is 10.9. The Morgan fingerprint density at radius 2 is 2.20 bits per heavy atom. The summed E-state index contributed by atoms with van der Waals surface area (Å²) in [5.74, 6) is 0. The van der Waals surface area contributed by atoms with Gasteiger partial charge in [0.25, 0.3) is 5.19 Å². The molecule has 0 fully saturated rings. The average molecular weight is 231 g/mol. The average Bonchev–Trinajstić information content (AvgIpc) is 2.67. The fraction of sp³-hybridized carbons (Fsp3) is 0.778. The van der Waals surface area contributed by atoms with Gasteiger partial charge in [-0.1, -0.05) is 18.3 Å². The summed E-state index contributed by atoms with van der Waals surface area (Å²) < 4.78 is 10.2. The minimum Gasteiger partial charge on any atom is -0.466 e. The molecule has 1 aromatic rings. The molecule has 0 aromatic carbocycles. The Morgan fingerprint density at radius 1 is 1.33 bits per heavy atom. The summed E-state index contributed by atoms with van der Waals surface area (Å²) in [5, 5.41) is 12.7. The molecule has 0 unspecified atom stereocenters. The molecule has 1 N–H and O–H groups in total. The summed E-state index contributed by atoms with van der Waals surface area (Å²) >= 11 is 1.47. The Morgan fingerprint density at radius 3 is 2.93 bits per heavy atom. The Balaban J connectivity index is 2.23. The lowest BCUT2D eigenvalue weighted by Crippen LogP contribution is -2.13. The van der Waals surface area contributed by atoms with E-state index in [4.69, 9.17) is 9.47 Å². The van der Waals surface area contributed by atoms with Crippen LogP contribution in [0.3, 0.4) is 0 Å². The molecule has 0 atom stereocenters. The summed E-state index contributed by atoms with van der Waals surface area (Å²) in [5.41, 5.74) is 0. The van der Waals surface area contributed by atoms with Gasteiger partial charge in [0.2, 0.25) is 0 Å². The van der Waals surface area contributed by atoms with Crippen molar-refractivity contribution in [2.24, 2.45) is 0 Å². The third-order valence-corrected chi connectivity index (χ3v) is 2.50. The van der Waals surface area contributed by atoms with Crippen molar-refractivity contribution in [3.63, 3.8) is 0 Å². The summed E-state index contributed by atoms with van der Waals surface area (Å²) in [6.45, 7) is 4.99. The molecule has 0 aliphatic carbocycles. The molecule has 0 amide bonds. The molecule has 15 heavy (non-hydrogen) atoms. The van der Waals surface area contributed by atoms with Gasteiger partial charge in [0, 0.05) is 13.7 Å². The first-order valence-corrected chi connectivity index (χ1v) is 5.83. The first kappa shape index (κ1) is 12.4. The molecular weight excluding hydrogens is 214 g/mol. The number of ether oxygens (including phenoxy) is 2. The van der Waals surface area contributed by atoms with Crippen molar-refractivity contribution in [3.8, 4) is 5.19 Å². The van der Waals surface area contributed by atoms with Crippen LogP contribution >= 0.6 is 11.3 Å². The van der Waals surface area contributed by atoms with Crippen LogP contribution in [-0.2, 0) is 11.3 Å². The third-order valence-electron chi connectivity index (χ3n) is 1.66. The Bertz CT molecular complexity index is 243. The second kappa shape index (κ2) is 7.56. The van der Waals surface area contributed by atoms with Crippen LogP contribution in [-0.4, -0.2) is 37.1 Å². The molecule has 1 heterocycles. The van der Waals surface area contributed by atoms with Crippen LogP contribution in [0.2, 0.25) is 0 Å². The fourth-order valence-electron chi connectivity index (χ4n) is 0.952. The molecule has 1 rings (SSSR count). The van der Waals surface area contributed by atoms with Crippen LogP contribution in [0.5, 0.6) is 5.19 Å². The maximum Gasteiger partial charge on any atom is 0.294 e. The minimum atomic E-state index is 0.521.